The first-order chi connectivity index (χ1) is 32.0. The summed E-state index contributed by atoms with van der Waals surface area (Å²) in [7, 11) is 0. The van der Waals surface area contributed by atoms with E-state index < -0.39 is 29.4 Å². The van der Waals surface area contributed by atoms with Crippen molar-refractivity contribution in [3.63, 3.8) is 0 Å². The minimum Gasteiger partial charge on any atom is -0.486 e. The molecule has 4 aliphatic rings. The topological polar surface area (TPSA) is 178 Å². The Bertz CT molecular complexity index is 2280. The molecule has 360 valence electrons. The third-order valence-electron chi connectivity index (χ3n) is 10.8. The summed E-state index contributed by atoms with van der Waals surface area (Å²) in [4.78, 5) is 53.3. The Morgan fingerprint density at radius 2 is 0.955 bits per heavy atom. The van der Waals surface area contributed by atoms with E-state index in [1.54, 1.807) is 45.0 Å². The van der Waals surface area contributed by atoms with Crippen LogP contribution in [0.15, 0.2) is 84.9 Å². The average Bonchev–Trinajstić information content (AvgIpc) is 3.32. The van der Waals surface area contributed by atoms with E-state index in [9.17, 15) is 19.2 Å². The molecule has 0 unspecified atom stereocenters. The van der Waals surface area contributed by atoms with Crippen LogP contribution in [-0.2, 0) is 22.6 Å². The molecule has 4 aromatic rings. The average molecular weight is 924 g/mol. The van der Waals surface area contributed by atoms with Crippen molar-refractivity contribution in [3.05, 3.63) is 107 Å². The molecule has 8 rings (SSSR count). The number of aromatic carboxylic acids is 1. The number of piperidine rings is 1. The number of carboxylic acids is 1. The predicted octanol–water partition coefficient (Wildman–Crippen LogP) is 8.30. The van der Waals surface area contributed by atoms with E-state index in [-0.39, 0.29) is 11.5 Å². The van der Waals surface area contributed by atoms with Gasteiger partial charge < -0.3 is 58.9 Å². The largest absolute Gasteiger partial charge is 0.486 e. The first-order valence-electron chi connectivity index (χ1n) is 22.9. The van der Waals surface area contributed by atoms with Gasteiger partial charge in [0.25, 0.3) is 5.91 Å². The van der Waals surface area contributed by atoms with Crippen molar-refractivity contribution in [1.82, 2.24) is 15.5 Å². The van der Waals surface area contributed by atoms with Gasteiger partial charge in [0.05, 0.1) is 16.9 Å². The van der Waals surface area contributed by atoms with Crippen molar-refractivity contribution >= 4 is 35.4 Å². The van der Waals surface area contributed by atoms with Crippen LogP contribution in [0, 0.1) is 0 Å². The lowest BCUT2D eigenvalue weighted by Gasteiger charge is -2.37. The Kier molecular flexibility index (Phi) is 17.1. The van der Waals surface area contributed by atoms with Crippen LogP contribution in [0.5, 0.6) is 23.0 Å². The molecule has 0 atom stereocenters. The maximum absolute atomic E-state index is 13.0. The molecule has 3 amide bonds. The van der Waals surface area contributed by atoms with E-state index in [1.165, 1.54) is 37.1 Å². The molecule has 2 fully saturated rings. The van der Waals surface area contributed by atoms with Crippen LogP contribution < -0.4 is 39.4 Å². The zero-order valence-corrected chi connectivity index (χ0v) is 39.6. The van der Waals surface area contributed by atoms with Gasteiger partial charge in [-0.1, -0.05) is 36.4 Å². The summed E-state index contributed by atoms with van der Waals surface area (Å²) in [5.74, 6) is 2.44. The number of hydrogen-bond donors (Lipinski definition) is 3. The molecule has 0 radical (unpaired) electrons. The highest BCUT2D eigenvalue weighted by molar-refractivity contribution is 5.94. The third kappa shape index (κ3) is 15.1. The van der Waals surface area contributed by atoms with E-state index in [0.29, 0.717) is 58.2 Å². The van der Waals surface area contributed by atoms with Gasteiger partial charge in [-0.05, 0) is 120 Å². The Balaban J connectivity index is 0.000000183. The number of nitrogens with one attached hydrogen (secondary N) is 2. The number of piperazine rings is 1. The zero-order valence-electron chi connectivity index (χ0n) is 39.6. The highest BCUT2D eigenvalue weighted by atomic mass is 16.6. The Morgan fingerprint density at radius 1 is 0.537 bits per heavy atom. The van der Waals surface area contributed by atoms with Crippen LogP contribution in [0.2, 0.25) is 0 Å². The number of hydrogen-bond acceptors (Lipinski definition) is 12. The maximum atomic E-state index is 13.0. The highest BCUT2D eigenvalue weighted by Crippen LogP contribution is 2.41. The van der Waals surface area contributed by atoms with Gasteiger partial charge in [-0.3, -0.25) is 4.79 Å². The van der Waals surface area contributed by atoms with E-state index >= 15 is 0 Å². The number of anilines is 2. The number of fused-ring (bicyclic) bond motifs is 2. The highest BCUT2D eigenvalue weighted by Gasteiger charge is 2.27. The number of para-hydroxylation sites is 2. The molecule has 0 aromatic heterocycles. The number of carbonyl (C=O) groups is 4. The number of rotatable bonds is 8. The smallest absolute Gasteiger partial charge is 0.407 e. The second-order valence-corrected chi connectivity index (χ2v) is 18.3. The van der Waals surface area contributed by atoms with Gasteiger partial charge in [-0.2, -0.15) is 0 Å². The molecule has 0 bridgehead atoms. The van der Waals surface area contributed by atoms with Gasteiger partial charge in [-0.15, -0.1) is 0 Å². The van der Waals surface area contributed by atoms with Crippen molar-refractivity contribution in [2.24, 2.45) is 0 Å². The van der Waals surface area contributed by atoms with Crippen molar-refractivity contribution in [3.8, 4) is 23.0 Å². The lowest BCUT2D eigenvalue weighted by Crippen LogP contribution is -2.49. The molecule has 4 heterocycles. The number of carbonyl (C=O) groups excluding carboxylic acids is 3. The first kappa shape index (κ1) is 49.6. The van der Waals surface area contributed by atoms with Gasteiger partial charge in [-0.25, -0.2) is 14.4 Å². The quantitative estimate of drug-likeness (QED) is 0.154. The van der Waals surface area contributed by atoms with Crippen molar-refractivity contribution < 1.29 is 52.7 Å². The summed E-state index contributed by atoms with van der Waals surface area (Å²) in [6.07, 6.45) is 2.96. The van der Waals surface area contributed by atoms with Gasteiger partial charge in [0.2, 0.25) is 0 Å². The summed E-state index contributed by atoms with van der Waals surface area (Å²) >= 11 is 0. The Hall–Kier alpha value is -6.84. The molecule has 0 aliphatic carbocycles. The van der Waals surface area contributed by atoms with Crippen LogP contribution in [0.4, 0.5) is 21.0 Å². The number of nitrogens with zero attached hydrogens (tertiary/aromatic N) is 3. The van der Waals surface area contributed by atoms with Crippen LogP contribution in [0.1, 0.15) is 92.6 Å². The summed E-state index contributed by atoms with van der Waals surface area (Å²) in [6.45, 7) is 18.9. The van der Waals surface area contributed by atoms with Gasteiger partial charge in [0.1, 0.15) is 37.6 Å². The lowest BCUT2D eigenvalue weighted by atomic mass is 10.1. The monoisotopic (exact) mass is 923 g/mol. The molecule has 4 aliphatic heterocycles. The molecule has 67 heavy (non-hydrogen) atoms. The second-order valence-electron chi connectivity index (χ2n) is 18.3. The van der Waals surface area contributed by atoms with E-state index in [1.807, 2.05) is 62.1 Å². The van der Waals surface area contributed by atoms with Crippen molar-refractivity contribution in [2.45, 2.75) is 85.1 Å². The molecular formula is C51H65N5O11. The predicted molar refractivity (Wildman–Crippen MR) is 255 cm³/mol. The molecule has 16 nitrogen and oxygen atoms in total. The van der Waals surface area contributed by atoms with Gasteiger partial charge in [0, 0.05) is 57.9 Å². The lowest BCUT2D eigenvalue weighted by molar-refractivity contribution is 0.0512. The molecule has 4 aromatic carbocycles. The van der Waals surface area contributed by atoms with Crippen LogP contribution in [-0.4, -0.2) is 111 Å². The maximum Gasteiger partial charge on any atom is 0.407 e. The Morgan fingerprint density at radius 3 is 1.39 bits per heavy atom. The Labute approximate surface area is 393 Å². The number of ether oxygens (including phenoxy) is 6. The summed E-state index contributed by atoms with van der Waals surface area (Å²) < 4.78 is 33.2. The SMILES string of the molecule is CC(C)(C)OC(=O)NCc1ccc(C(=O)N2CCN(c3cccc4c3OCCO4)CC2)cc1.CC(C)(C)OC(=O)NCc1ccc(C(=O)O)cc1.c1cc2c(c(N3CCCCC3)c1)OCCO2. The third-order valence-corrected chi connectivity index (χ3v) is 10.8. The summed E-state index contributed by atoms with van der Waals surface area (Å²) in [5, 5.41) is 14.1. The summed E-state index contributed by atoms with van der Waals surface area (Å²) in [6, 6.07) is 25.7. The number of alkyl carbamates (subject to hydrolysis) is 2. The molecule has 3 N–H and O–H groups in total. The molecule has 0 saturated carbocycles. The fraction of sp³-hybridized carbons (Fsp3) is 0.451. The van der Waals surface area contributed by atoms with Crippen molar-refractivity contribution in [1.29, 1.82) is 0 Å². The molecule has 0 spiro atoms. The fourth-order valence-electron chi connectivity index (χ4n) is 7.59. The summed E-state index contributed by atoms with van der Waals surface area (Å²) in [5.41, 5.74) is 3.72. The molecular weight excluding hydrogens is 859 g/mol. The van der Waals surface area contributed by atoms with Crippen molar-refractivity contribution in [2.75, 3.05) is 75.5 Å². The van der Waals surface area contributed by atoms with Crippen LogP contribution in [0.3, 0.4) is 0 Å². The zero-order chi connectivity index (χ0) is 48.0. The van der Waals surface area contributed by atoms with Gasteiger partial charge in [0.15, 0.2) is 23.0 Å². The number of carboxylic acid groups (broad SMARTS) is 1. The van der Waals surface area contributed by atoms with E-state index in [2.05, 4.69) is 32.6 Å². The normalized spacial score (nSPS) is 15.3. The van der Waals surface area contributed by atoms with E-state index in [0.717, 1.165) is 66.0 Å². The fourth-order valence-corrected chi connectivity index (χ4v) is 7.59. The number of benzene rings is 4. The standard InChI is InChI=1S/C25H31N3O5.C13H17NO4.C13H17NO2/c1-25(2,3)33-24(30)26-17-18-7-9-19(10-8-18)23(29)28-13-11-27(12-14-28)20-5-4-6-21-22(20)32-16-15-31-21;1-13(2,3)18-12(17)14-8-9-4-6-10(7-5-9)11(15)16;1-2-7-14(8-3-1)11-5-4-6-12-13(11)16-10-9-15-12/h4-10H,11-17H2,1-3H3,(H,26,30);4-7H,8H2,1-3H3,(H,14,17)(H,15,16);4-6H,1-3,7-10H2. The van der Waals surface area contributed by atoms with Gasteiger partial charge >= 0.3 is 18.2 Å². The minimum atomic E-state index is -0.971. The minimum absolute atomic E-state index is 0.0102. The molecule has 16 heteroatoms. The number of amides is 3. The second kappa shape index (κ2) is 23.1. The van der Waals surface area contributed by atoms with Crippen LogP contribution >= 0.6 is 0 Å². The first-order valence-corrected chi connectivity index (χ1v) is 22.9. The van der Waals surface area contributed by atoms with E-state index in [4.69, 9.17) is 33.5 Å². The molecule has 2 saturated heterocycles. The van der Waals surface area contributed by atoms with Crippen LogP contribution in [0.25, 0.3) is 0 Å².